The van der Waals surface area contributed by atoms with Gasteiger partial charge in [0.15, 0.2) is 0 Å². The molecule has 3 heterocycles. The number of anilines is 2. The highest BCUT2D eigenvalue weighted by molar-refractivity contribution is 5.92. The third-order valence-corrected chi connectivity index (χ3v) is 7.24. The lowest BCUT2D eigenvalue weighted by atomic mass is 10.1. The number of pyridine rings is 1. The number of ether oxygens (including phenoxy) is 1. The molecule has 1 aliphatic rings. The lowest BCUT2D eigenvalue weighted by Gasteiger charge is -2.27. The summed E-state index contributed by atoms with van der Waals surface area (Å²) in [6.07, 6.45) is 7.22. The van der Waals surface area contributed by atoms with Crippen LogP contribution in [0.1, 0.15) is 49.4 Å². The van der Waals surface area contributed by atoms with Gasteiger partial charge in [-0.2, -0.15) is 0 Å². The van der Waals surface area contributed by atoms with Crippen LogP contribution in [0.5, 0.6) is 0 Å². The molecule has 38 heavy (non-hydrogen) atoms. The molecule has 9 heteroatoms. The smallest absolute Gasteiger partial charge is 0.326 e. The van der Waals surface area contributed by atoms with E-state index >= 15 is 0 Å². The van der Waals surface area contributed by atoms with Crippen LogP contribution in [-0.2, 0) is 22.4 Å². The van der Waals surface area contributed by atoms with Gasteiger partial charge in [-0.3, -0.25) is 0 Å². The molecule has 0 radical (unpaired) electrons. The third-order valence-electron chi connectivity index (χ3n) is 7.24. The minimum Gasteiger partial charge on any atom is -0.480 e. The maximum Gasteiger partial charge on any atom is 0.326 e. The Morgan fingerprint density at radius 2 is 2.08 bits per heavy atom. The van der Waals surface area contributed by atoms with Gasteiger partial charge < -0.3 is 25.4 Å². The Labute approximate surface area is 225 Å². The number of nitrogens with one attached hydrogen (secondary N) is 2. The lowest BCUT2D eigenvalue weighted by Crippen LogP contribution is -2.38. The van der Waals surface area contributed by atoms with E-state index in [1.807, 2.05) is 32.0 Å². The number of unbranched alkanes of at least 4 members (excludes halogenated alkanes) is 1. The molecule has 0 amide bonds. The van der Waals surface area contributed by atoms with Gasteiger partial charge in [0.1, 0.15) is 24.0 Å². The van der Waals surface area contributed by atoms with Gasteiger partial charge in [-0.15, -0.1) is 0 Å². The Kier molecular flexibility index (Phi) is 9.84. The molecule has 0 unspecified atom stereocenters. The van der Waals surface area contributed by atoms with Crippen molar-refractivity contribution in [3.8, 4) is 0 Å². The number of nitrogens with zero attached hydrogens (tertiary/aromatic N) is 4. The summed E-state index contributed by atoms with van der Waals surface area (Å²) in [7, 11) is 1.71. The lowest BCUT2D eigenvalue weighted by molar-refractivity contribution is -0.138. The molecule has 2 aromatic heterocycles. The van der Waals surface area contributed by atoms with Gasteiger partial charge in [0.25, 0.3) is 0 Å². The molecule has 0 fully saturated rings. The molecule has 0 bridgehead atoms. The summed E-state index contributed by atoms with van der Waals surface area (Å²) < 4.78 is 5.51. The van der Waals surface area contributed by atoms with Crippen LogP contribution in [0.4, 0.5) is 11.6 Å². The first-order valence-electron chi connectivity index (χ1n) is 13.6. The second-order valence-corrected chi connectivity index (χ2v) is 10.2. The number of para-hydroxylation sites is 1. The second kappa shape index (κ2) is 13.5. The van der Waals surface area contributed by atoms with Gasteiger partial charge in [0, 0.05) is 37.8 Å². The second-order valence-electron chi connectivity index (χ2n) is 10.2. The number of carboxylic acids is 1. The van der Waals surface area contributed by atoms with Crippen molar-refractivity contribution in [3.63, 3.8) is 0 Å². The molecule has 9 nitrogen and oxygen atoms in total. The molecule has 1 aromatic carbocycles. The van der Waals surface area contributed by atoms with Crippen molar-refractivity contribution in [2.75, 3.05) is 43.9 Å². The Morgan fingerprint density at radius 1 is 1.21 bits per heavy atom. The average Bonchev–Trinajstić information content (AvgIpc) is 2.93. The average molecular weight is 521 g/mol. The molecule has 1 aliphatic heterocycles. The van der Waals surface area contributed by atoms with Gasteiger partial charge >= 0.3 is 5.97 Å². The number of benzene rings is 1. The molecule has 3 N–H and O–H groups in total. The zero-order chi connectivity index (χ0) is 26.9. The quantitative estimate of drug-likeness (QED) is 0.268. The number of aromatic nitrogens is 3. The highest BCUT2D eigenvalue weighted by Crippen LogP contribution is 2.23. The van der Waals surface area contributed by atoms with Gasteiger partial charge in [0.05, 0.1) is 11.6 Å². The van der Waals surface area contributed by atoms with Crippen molar-refractivity contribution in [2.24, 2.45) is 0 Å². The number of carboxylic acid groups (broad SMARTS) is 1. The van der Waals surface area contributed by atoms with E-state index in [2.05, 4.69) is 37.6 Å². The molecule has 2 atom stereocenters. The molecule has 204 valence electrons. The predicted molar refractivity (Wildman–Crippen MR) is 151 cm³/mol. The minimum absolute atomic E-state index is 0.0633. The van der Waals surface area contributed by atoms with Crippen LogP contribution in [0.15, 0.2) is 36.7 Å². The summed E-state index contributed by atoms with van der Waals surface area (Å²) in [4.78, 5) is 28.0. The van der Waals surface area contributed by atoms with E-state index in [9.17, 15) is 9.90 Å². The van der Waals surface area contributed by atoms with Crippen LogP contribution in [0.2, 0.25) is 0 Å². The SMILES string of the molecule is CO[C@H](C)CN(CCCCc1ccc2c(n1)NCCC2)CC[C@H](Nc1ncnc2c(C)cccc12)C(=O)O. The van der Waals surface area contributed by atoms with E-state index in [1.54, 1.807) is 7.11 Å². The van der Waals surface area contributed by atoms with E-state index in [-0.39, 0.29) is 6.10 Å². The molecular weight excluding hydrogens is 480 g/mol. The van der Waals surface area contributed by atoms with E-state index in [1.165, 1.54) is 11.9 Å². The van der Waals surface area contributed by atoms with Gasteiger partial charge in [-0.1, -0.05) is 18.2 Å². The highest BCUT2D eigenvalue weighted by atomic mass is 16.5. The monoisotopic (exact) mass is 520 g/mol. The van der Waals surface area contributed by atoms with Crippen LogP contribution in [0, 0.1) is 6.92 Å². The number of hydrogen-bond acceptors (Lipinski definition) is 8. The predicted octanol–water partition coefficient (Wildman–Crippen LogP) is 4.31. The number of methoxy groups -OCH3 is 1. The number of fused-ring (bicyclic) bond motifs is 2. The zero-order valence-electron chi connectivity index (χ0n) is 22.7. The highest BCUT2D eigenvalue weighted by Gasteiger charge is 2.21. The summed E-state index contributed by atoms with van der Waals surface area (Å²) in [5.41, 5.74) is 4.29. The van der Waals surface area contributed by atoms with Crippen molar-refractivity contribution in [1.29, 1.82) is 0 Å². The normalized spacial score (nSPS) is 14.6. The Hall–Kier alpha value is -3.30. The first-order chi connectivity index (χ1) is 18.4. The minimum atomic E-state index is -0.892. The molecule has 3 aromatic rings. The molecule has 0 saturated carbocycles. The third kappa shape index (κ3) is 7.39. The maximum atomic E-state index is 12.2. The number of aryl methyl sites for hydroxylation is 3. The van der Waals surface area contributed by atoms with Crippen molar-refractivity contribution >= 4 is 28.5 Å². The topological polar surface area (TPSA) is 113 Å². The number of rotatable bonds is 14. The van der Waals surface area contributed by atoms with Crippen LogP contribution in [0.25, 0.3) is 10.9 Å². The van der Waals surface area contributed by atoms with Crippen molar-refractivity contribution in [1.82, 2.24) is 19.9 Å². The van der Waals surface area contributed by atoms with Crippen LogP contribution in [-0.4, -0.2) is 76.4 Å². The summed E-state index contributed by atoms with van der Waals surface area (Å²) >= 11 is 0. The van der Waals surface area contributed by atoms with Crippen LogP contribution >= 0.6 is 0 Å². The van der Waals surface area contributed by atoms with E-state index < -0.39 is 12.0 Å². The molecule has 0 aliphatic carbocycles. The summed E-state index contributed by atoms with van der Waals surface area (Å²) in [5.74, 6) is 0.703. The number of carbonyl (C=O) groups is 1. The molecular formula is C29H40N6O3. The summed E-state index contributed by atoms with van der Waals surface area (Å²) in [6, 6.07) is 9.44. The fraction of sp³-hybridized carbons (Fsp3) is 0.517. The first kappa shape index (κ1) is 27.7. The van der Waals surface area contributed by atoms with Crippen molar-refractivity contribution in [2.45, 2.75) is 64.5 Å². The van der Waals surface area contributed by atoms with E-state index in [0.29, 0.717) is 18.8 Å². The Balaban J connectivity index is 1.33. The Bertz CT molecular complexity index is 1220. The van der Waals surface area contributed by atoms with Gasteiger partial charge in [-0.05, 0) is 82.2 Å². The van der Waals surface area contributed by atoms with Crippen molar-refractivity contribution < 1.29 is 14.6 Å². The largest absolute Gasteiger partial charge is 0.480 e. The van der Waals surface area contributed by atoms with E-state index in [0.717, 1.165) is 79.7 Å². The number of hydrogen-bond donors (Lipinski definition) is 3. The Morgan fingerprint density at radius 3 is 2.89 bits per heavy atom. The summed E-state index contributed by atoms with van der Waals surface area (Å²) in [5, 5.41) is 17.4. The van der Waals surface area contributed by atoms with Crippen LogP contribution < -0.4 is 10.6 Å². The zero-order valence-corrected chi connectivity index (χ0v) is 22.7. The first-order valence-corrected chi connectivity index (χ1v) is 13.6. The van der Waals surface area contributed by atoms with Gasteiger partial charge in [-0.25, -0.2) is 19.7 Å². The van der Waals surface area contributed by atoms with Crippen LogP contribution in [0.3, 0.4) is 0 Å². The molecule has 0 spiro atoms. The summed E-state index contributed by atoms with van der Waals surface area (Å²) in [6.45, 7) is 7.29. The van der Waals surface area contributed by atoms with Gasteiger partial charge in [0.2, 0.25) is 0 Å². The fourth-order valence-corrected chi connectivity index (χ4v) is 4.97. The molecule has 4 rings (SSSR count). The standard InChI is InChI=1S/C29H40N6O3/c1-20-8-6-11-24-26(20)31-19-32-28(24)34-25(29(36)37)14-17-35(18-21(2)38-3)16-5-4-10-23-13-12-22-9-7-15-30-27(22)33-23/h6,8,11-13,19,21,25H,4-5,7,9-10,14-18H2,1-3H3,(H,30,33)(H,36,37)(H,31,32,34)/t21-,25+/m1/s1. The maximum absolute atomic E-state index is 12.2. The number of aliphatic carboxylic acids is 1. The van der Waals surface area contributed by atoms with Crippen molar-refractivity contribution in [3.05, 3.63) is 53.5 Å². The fourth-order valence-electron chi connectivity index (χ4n) is 4.97. The molecule has 0 saturated heterocycles. The van der Waals surface area contributed by atoms with E-state index in [4.69, 9.17) is 9.72 Å².